The molecule has 4 aromatic rings. The molecule has 0 aliphatic rings. The normalized spacial score (nSPS) is 12.5. The van der Waals surface area contributed by atoms with Gasteiger partial charge in [-0.05, 0) is 42.8 Å². The second-order valence-corrected chi connectivity index (χ2v) is 8.70. The van der Waals surface area contributed by atoms with Gasteiger partial charge in [0, 0.05) is 5.69 Å². The van der Waals surface area contributed by atoms with Crippen LogP contribution in [0.1, 0.15) is 22.5 Å². The van der Waals surface area contributed by atoms with Crippen LogP contribution in [0.2, 0.25) is 0 Å². The molecule has 0 bridgehead atoms. The molecule has 33 heavy (non-hydrogen) atoms. The molecule has 0 N–H and O–H groups in total. The van der Waals surface area contributed by atoms with Gasteiger partial charge in [-0.15, -0.1) is 10.2 Å². The van der Waals surface area contributed by atoms with Crippen LogP contribution in [0, 0.1) is 6.92 Å². The lowest BCUT2D eigenvalue weighted by molar-refractivity contribution is -0.137. The predicted octanol–water partition coefficient (Wildman–Crippen LogP) is 5.48. The molecule has 9 heteroatoms. The Hall–Kier alpha value is -3.46. The summed E-state index contributed by atoms with van der Waals surface area (Å²) in [6, 6.07) is 21.4. The van der Waals surface area contributed by atoms with Gasteiger partial charge in [0.1, 0.15) is 12.4 Å². The molecule has 0 spiro atoms. The maximum Gasteiger partial charge on any atom is 0.416 e. The minimum absolute atomic E-state index is 0.0507. The first kappa shape index (κ1) is 22.7. The smallest absolute Gasteiger partial charge is 0.416 e. The first-order valence-electron chi connectivity index (χ1n) is 10.0. The molecule has 0 fully saturated rings. The van der Waals surface area contributed by atoms with E-state index in [0.29, 0.717) is 11.5 Å². The molecule has 1 heterocycles. The number of halogens is 3. The van der Waals surface area contributed by atoms with E-state index in [9.17, 15) is 17.4 Å². The minimum atomic E-state index is -4.47. The number of rotatable bonds is 7. The van der Waals surface area contributed by atoms with Crippen LogP contribution in [0.15, 0.2) is 84.0 Å². The fourth-order valence-electron chi connectivity index (χ4n) is 3.19. The van der Waals surface area contributed by atoms with Crippen LogP contribution in [0.3, 0.4) is 0 Å². The number of aromatic nitrogens is 3. The zero-order valence-electron chi connectivity index (χ0n) is 17.6. The third kappa shape index (κ3) is 5.48. The molecule has 0 unspecified atom stereocenters. The van der Waals surface area contributed by atoms with Crippen LogP contribution >= 0.6 is 0 Å². The van der Waals surface area contributed by atoms with E-state index >= 15 is 0 Å². The first-order valence-corrected chi connectivity index (χ1v) is 11.4. The Morgan fingerprint density at radius 3 is 2.36 bits per heavy atom. The van der Waals surface area contributed by atoms with Gasteiger partial charge in [-0.1, -0.05) is 54.1 Å². The van der Waals surface area contributed by atoms with Crippen molar-refractivity contribution in [3.63, 3.8) is 0 Å². The van der Waals surface area contributed by atoms with E-state index in [1.54, 1.807) is 4.57 Å². The standard InChI is InChI=1S/C24H20F3N3O2S/c1-17-10-12-18(13-11-17)16-33(31)23-29-28-22(30(23)20-7-3-2-4-8-20)15-32-21-9-5-6-19(14-21)24(25,26)27/h2-14H,15-16H2,1H3/t33-/m1/s1. The number of ether oxygens (including phenoxy) is 1. The van der Waals surface area contributed by atoms with Crippen LogP contribution in [0.5, 0.6) is 5.75 Å². The zero-order valence-corrected chi connectivity index (χ0v) is 18.4. The quantitative estimate of drug-likeness (QED) is 0.358. The summed E-state index contributed by atoms with van der Waals surface area (Å²) in [6.45, 7) is 1.83. The highest BCUT2D eigenvalue weighted by atomic mass is 32.2. The van der Waals surface area contributed by atoms with Crippen molar-refractivity contribution in [3.05, 3.63) is 101 Å². The van der Waals surface area contributed by atoms with E-state index in [-0.39, 0.29) is 23.3 Å². The Kier molecular flexibility index (Phi) is 6.60. The van der Waals surface area contributed by atoms with Gasteiger partial charge in [-0.3, -0.25) is 8.78 Å². The Bertz CT molecular complexity index is 1260. The number of hydrogen-bond acceptors (Lipinski definition) is 4. The van der Waals surface area contributed by atoms with Crippen molar-refractivity contribution in [1.29, 1.82) is 0 Å². The highest BCUT2D eigenvalue weighted by Gasteiger charge is 2.30. The Morgan fingerprint density at radius 2 is 1.67 bits per heavy atom. The van der Waals surface area contributed by atoms with Crippen LogP contribution in [-0.4, -0.2) is 19.0 Å². The molecule has 0 saturated heterocycles. The van der Waals surface area contributed by atoms with Crippen LogP contribution in [0.25, 0.3) is 5.69 Å². The SMILES string of the molecule is Cc1ccc(C[S@@](=O)c2nnc(COc3cccc(C(F)(F)F)c3)n2-c2ccccc2)cc1. The number of hydrogen-bond donors (Lipinski definition) is 0. The molecule has 0 amide bonds. The first-order chi connectivity index (χ1) is 15.8. The summed E-state index contributed by atoms with van der Waals surface area (Å²) in [4.78, 5) is 0. The third-order valence-electron chi connectivity index (χ3n) is 4.87. The van der Waals surface area contributed by atoms with Crippen molar-refractivity contribution < 1.29 is 22.1 Å². The third-order valence-corrected chi connectivity index (χ3v) is 6.13. The Labute approximate surface area is 191 Å². The molecular weight excluding hydrogens is 451 g/mol. The van der Waals surface area contributed by atoms with Gasteiger partial charge < -0.3 is 4.74 Å². The van der Waals surface area contributed by atoms with E-state index in [1.165, 1.54) is 12.1 Å². The molecule has 0 saturated carbocycles. The van der Waals surface area contributed by atoms with Gasteiger partial charge in [-0.25, -0.2) is 0 Å². The lowest BCUT2D eigenvalue weighted by atomic mass is 10.2. The van der Waals surface area contributed by atoms with E-state index < -0.39 is 22.5 Å². The summed E-state index contributed by atoms with van der Waals surface area (Å²) in [5, 5.41) is 8.50. The number of benzene rings is 3. The second-order valence-electron chi connectivity index (χ2n) is 7.36. The molecule has 0 radical (unpaired) electrons. The molecule has 3 aromatic carbocycles. The van der Waals surface area contributed by atoms with E-state index in [4.69, 9.17) is 4.74 Å². The summed E-state index contributed by atoms with van der Waals surface area (Å²) in [5.74, 6) is 0.625. The molecule has 0 aliphatic heterocycles. The Balaban J connectivity index is 1.62. The predicted molar refractivity (Wildman–Crippen MR) is 118 cm³/mol. The lowest BCUT2D eigenvalue weighted by Crippen LogP contribution is -2.11. The Morgan fingerprint density at radius 1 is 0.939 bits per heavy atom. The number of alkyl halides is 3. The minimum Gasteiger partial charge on any atom is -0.486 e. The van der Waals surface area contributed by atoms with Gasteiger partial charge in [0.2, 0.25) is 5.16 Å². The van der Waals surface area contributed by atoms with Crippen molar-refractivity contribution in [2.24, 2.45) is 0 Å². The van der Waals surface area contributed by atoms with Crippen molar-refractivity contribution in [2.45, 2.75) is 30.6 Å². The van der Waals surface area contributed by atoms with Crippen molar-refractivity contribution >= 4 is 10.8 Å². The summed E-state index contributed by atoms with van der Waals surface area (Å²) in [6.07, 6.45) is -4.47. The van der Waals surface area contributed by atoms with Gasteiger partial charge in [0.25, 0.3) is 0 Å². The van der Waals surface area contributed by atoms with Crippen LogP contribution < -0.4 is 4.74 Å². The maximum absolute atomic E-state index is 13.2. The van der Waals surface area contributed by atoms with Crippen molar-refractivity contribution in [1.82, 2.24) is 14.8 Å². The van der Waals surface area contributed by atoms with Gasteiger partial charge >= 0.3 is 6.18 Å². The van der Waals surface area contributed by atoms with Crippen molar-refractivity contribution in [2.75, 3.05) is 0 Å². The zero-order chi connectivity index (χ0) is 23.4. The molecular formula is C24H20F3N3O2S. The average Bonchev–Trinajstić information content (AvgIpc) is 3.23. The monoisotopic (exact) mass is 471 g/mol. The summed E-state index contributed by atoms with van der Waals surface area (Å²) >= 11 is 0. The fraction of sp³-hybridized carbons (Fsp3) is 0.167. The second kappa shape index (κ2) is 9.58. The maximum atomic E-state index is 13.2. The summed E-state index contributed by atoms with van der Waals surface area (Å²) in [5.41, 5.74) is 1.87. The molecule has 170 valence electrons. The van der Waals surface area contributed by atoms with Crippen LogP contribution in [-0.2, 0) is 29.3 Å². The number of aryl methyl sites for hydroxylation is 1. The highest BCUT2D eigenvalue weighted by Crippen LogP contribution is 2.31. The molecule has 0 aliphatic carbocycles. The molecule has 1 aromatic heterocycles. The van der Waals surface area contributed by atoms with Crippen LogP contribution in [0.4, 0.5) is 13.2 Å². The van der Waals surface area contributed by atoms with Crippen molar-refractivity contribution in [3.8, 4) is 11.4 Å². The fourth-order valence-corrected chi connectivity index (χ4v) is 4.36. The van der Waals surface area contributed by atoms with E-state index in [1.807, 2.05) is 61.5 Å². The van der Waals surface area contributed by atoms with Gasteiger partial charge in [0.15, 0.2) is 5.82 Å². The lowest BCUT2D eigenvalue weighted by Gasteiger charge is -2.12. The van der Waals surface area contributed by atoms with E-state index in [0.717, 1.165) is 23.3 Å². The number of para-hydroxylation sites is 1. The highest BCUT2D eigenvalue weighted by molar-refractivity contribution is 7.84. The molecule has 5 nitrogen and oxygen atoms in total. The van der Waals surface area contributed by atoms with Gasteiger partial charge in [-0.2, -0.15) is 13.2 Å². The average molecular weight is 472 g/mol. The summed E-state index contributed by atoms with van der Waals surface area (Å²) in [7, 11) is -1.51. The topological polar surface area (TPSA) is 57.0 Å². The molecule has 1 atom stereocenters. The number of nitrogens with zero attached hydrogens (tertiary/aromatic N) is 3. The van der Waals surface area contributed by atoms with E-state index in [2.05, 4.69) is 10.2 Å². The van der Waals surface area contributed by atoms with Gasteiger partial charge in [0.05, 0.1) is 22.1 Å². The largest absolute Gasteiger partial charge is 0.486 e. The molecule has 4 rings (SSSR count). The summed E-state index contributed by atoms with van der Waals surface area (Å²) < 4.78 is 59.4.